The van der Waals surface area contributed by atoms with E-state index in [1.165, 1.54) is 11.3 Å². The molecule has 0 aromatic carbocycles. The summed E-state index contributed by atoms with van der Waals surface area (Å²) in [5, 5.41) is 2.96. The lowest BCUT2D eigenvalue weighted by molar-refractivity contribution is 0.0536. The van der Waals surface area contributed by atoms with Crippen molar-refractivity contribution in [1.29, 1.82) is 0 Å². The molecule has 1 aliphatic heterocycles. The van der Waals surface area contributed by atoms with Gasteiger partial charge in [0.05, 0.1) is 22.9 Å². The maximum absolute atomic E-state index is 12.0. The van der Waals surface area contributed by atoms with Gasteiger partial charge in [-0.05, 0) is 30.9 Å². The molecule has 5 heteroatoms. The third kappa shape index (κ3) is 4.35. The van der Waals surface area contributed by atoms with E-state index in [-0.39, 0.29) is 5.91 Å². The summed E-state index contributed by atoms with van der Waals surface area (Å²) >= 11 is 1.40. The molecule has 0 spiro atoms. The number of hydrogen-bond acceptors (Lipinski definition) is 4. The van der Waals surface area contributed by atoms with Crippen LogP contribution in [0.3, 0.4) is 0 Å². The highest BCUT2D eigenvalue weighted by Gasteiger charge is 2.15. The minimum Gasteiger partial charge on any atom is -0.381 e. The van der Waals surface area contributed by atoms with E-state index in [0.29, 0.717) is 23.9 Å². The molecule has 1 unspecified atom stereocenters. The predicted octanol–water partition coefficient (Wildman–Crippen LogP) is 1.21. The minimum atomic E-state index is -0.0311. The molecule has 1 aromatic rings. The summed E-state index contributed by atoms with van der Waals surface area (Å²) in [6, 6.07) is 3.66. The van der Waals surface area contributed by atoms with Crippen LogP contribution in [-0.2, 0) is 4.74 Å². The highest BCUT2D eigenvalue weighted by molar-refractivity contribution is 7.14. The first-order valence-electron chi connectivity index (χ1n) is 6.44. The number of carbonyl (C=O) groups excluding carboxylic acids is 1. The number of carbonyl (C=O) groups is 1. The van der Waals surface area contributed by atoms with E-state index in [0.717, 1.165) is 30.9 Å². The van der Waals surface area contributed by atoms with Crippen molar-refractivity contribution in [2.75, 3.05) is 26.3 Å². The smallest absolute Gasteiger partial charge is 0.261 e. The topological polar surface area (TPSA) is 64.4 Å². The van der Waals surface area contributed by atoms with Gasteiger partial charge in [0.2, 0.25) is 0 Å². The lowest BCUT2D eigenvalue weighted by Crippen LogP contribution is -2.32. The van der Waals surface area contributed by atoms with Crippen molar-refractivity contribution in [3.63, 3.8) is 0 Å². The van der Waals surface area contributed by atoms with Crippen molar-refractivity contribution >= 4 is 17.2 Å². The Bertz CT molecular complexity index is 481. The average molecular weight is 278 g/mol. The third-order valence-electron chi connectivity index (χ3n) is 2.95. The minimum absolute atomic E-state index is 0.0311. The van der Waals surface area contributed by atoms with Crippen LogP contribution in [0.2, 0.25) is 0 Å². The van der Waals surface area contributed by atoms with E-state index in [1.54, 1.807) is 6.07 Å². The molecule has 1 amide bonds. The molecule has 0 bridgehead atoms. The van der Waals surface area contributed by atoms with Crippen molar-refractivity contribution in [1.82, 2.24) is 5.32 Å². The first-order valence-corrected chi connectivity index (χ1v) is 7.26. The molecule has 3 N–H and O–H groups in total. The van der Waals surface area contributed by atoms with Crippen molar-refractivity contribution in [2.45, 2.75) is 12.8 Å². The quantitative estimate of drug-likeness (QED) is 0.817. The zero-order valence-electron chi connectivity index (χ0n) is 10.8. The molecule has 1 aromatic heterocycles. The van der Waals surface area contributed by atoms with Gasteiger partial charge in [-0.25, -0.2) is 0 Å². The molecular weight excluding hydrogens is 260 g/mol. The highest BCUT2D eigenvalue weighted by atomic mass is 32.1. The van der Waals surface area contributed by atoms with E-state index >= 15 is 0 Å². The second kappa shape index (κ2) is 7.29. The number of nitrogens with two attached hydrogens (primary N) is 1. The van der Waals surface area contributed by atoms with Gasteiger partial charge in [0.25, 0.3) is 5.91 Å². The Morgan fingerprint density at radius 2 is 2.47 bits per heavy atom. The van der Waals surface area contributed by atoms with Gasteiger partial charge in [-0.15, -0.1) is 11.3 Å². The zero-order valence-corrected chi connectivity index (χ0v) is 11.6. The Balaban J connectivity index is 1.83. The fourth-order valence-electron chi connectivity index (χ4n) is 1.96. The molecule has 19 heavy (non-hydrogen) atoms. The van der Waals surface area contributed by atoms with E-state index in [2.05, 4.69) is 17.2 Å². The van der Waals surface area contributed by atoms with Gasteiger partial charge in [-0.3, -0.25) is 4.79 Å². The second-order valence-corrected chi connectivity index (χ2v) is 5.55. The van der Waals surface area contributed by atoms with Crippen LogP contribution in [0.15, 0.2) is 12.1 Å². The van der Waals surface area contributed by atoms with Gasteiger partial charge in [0.15, 0.2) is 0 Å². The van der Waals surface area contributed by atoms with Crippen LogP contribution in [0.25, 0.3) is 0 Å². The molecule has 1 atom stereocenters. The van der Waals surface area contributed by atoms with Crippen LogP contribution in [0.5, 0.6) is 0 Å². The second-order valence-electron chi connectivity index (χ2n) is 4.46. The van der Waals surface area contributed by atoms with Crippen LogP contribution in [0, 0.1) is 17.8 Å². The summed E-state index contributed by atoms with van der Waals surface area (Å²) in [6.45, 7) is 2.61. The molecule has 0 radical (unpaired) electrons. The number of nitrogens with one attached hydrogen (secondary N) is 1. The molecule has 2 rings (SSSR count). The number of ether oxygens (including phenoxy) is 1. The van der Waals surface area contributed by atoms with Crippen molar-refractivity contribution in [3.8, 4) is 11.8 Å². The molecule has 1 fully saturated rings. The first-order chi connectivity index (χ1) is 9.29. The van der Waals surface area contributed by atoms with Gasteiger partial charge in [-0.1, -0.05) is 11.8 Å². The Morgan fingerprint density at radius 1 is 1.58 bits per heavy atom. The number of rotatable bonds is 3. The summed E-state index contributed by atoms with van der Waals surface area (Å²) in [5.74, 6) is 6.12. The summed E-state index contributed by atoms with van der Waals surface area (Å²) in [7, 11) is 0. The Hall–Kier alpha value is -1.35. The zero-order chi connectivity index (χ0) is 13.5. The van der Waals surface area contributed by atoms with Crippen molar-refractivity contribution in [2.24, 2.45) is 11.7 Å². The van der Waals surface area contributed by atoms with E-state index in [4.69, 9.17) is 10.5 Å². The van der Waals surface area contributed by atoms with Gasteiger partial charge >= 0.3 is 0 Å². The maximum Gasteiger partial charge on any atom is 0.261 e. The lowest BCUT2D eigenvalue weighted by atomic mass is 10.0. The highest BCUT2D eigenvalue weighted by Crippen LogP contribution is 2.16. The molecule has 0 aliphatic carbocycles. The van der Waals surface area contributed by atoms with Gasteiger partial charge in [0.1, 0.15) is 0 Å². The molecular formula is C14H18N2O2S. The largest absolute Gasteiger partial charge is 0.381 e. The van der Waals surface area contributed by atoms with Gasteiger partial charge < -0.3 is 15.8 Å². The fourth-order valence-corrected chi connectivity index (χ4v) is 2.75. The lowest BCUT2D eigenvalue weighted by Gasteiger charge is -2.21. The Labute approximate surface area is 117 Å². The predicted molar refractivity (Wildman–Crippen MR) is 76.1 cm³/mol. The van der Waals surface area contributed by atoms with E-state index in [1.807, 2.05) is 6.07 Å². The van der Waals surface area contributed by atoms with E-state index < -0.39 is 0 Å². The normalized spacial score (nSPS) is 18.5. The molecule has 1 aliphatic rings. The average Bonchev–Trinajstić information content (AvgIpc) is 2.92. The van der Waals surface area contributed by atoms with E-state index in [9.17, 15) is 4.79 Å². The standard InChI is InChI=1S/C14H18N2O2S/c15-7-1-4-12-5-6-13(19-12)14(17)16-9-11-3-2-8-18-10-11/h5-6,11H,2-3,7-10,15H2,(H,16,17). The van der Waals surface area contributed by atoms with Crippen LogP contribution in [-0.4, -0.2) is 32.2 Å². The first kappa shape index (κ1) is 14.1. The van der Waals surface area contributed by atoms with Gasteiger partial charge in [-0.2, -0.15) is 0 Å². The van der Waals surface area contributed by atoms with Crippen molar-refractivity contribution in [3.05, 3.63) is 21.9 Å². The maximum atomic E-state index is 12.0. The molecule has 0 saturated carbocycles. The molecule has 2 heterocycles. The molecule has 102 valence electrons. The summed E-state index contributed by atoms with van der Waals surface area (Å²) in [4.78, 5) is 13.5. The molecule has 1 saturated heterocycles. The fraction of sp³-hybridized carbons (Fsp3) is 0.500. The van der Waals surface area contributed by atoms with Crippen LogP contribution >= 0.6 is 11.3 Å². The third-order valence-corrected chi connectivity index (χ3v) is 3.95. The Morgan fingerprint density at radius 3 is 3.21 bits per heavy atom. The van der Waals surface area contributed by atoms with Crippen LogP contribution < -0.4 is 11.1 Å². The summed E-state index contributed by atoms with van der Waals surface area (Å²) in [5.41, 5.74) is 5.31. The number of thiophene rings is 1. The number of amides is 1. The monoisotopic (exact) mass is 278 g/mol. The van der Waals surface area contributed by atoms with Crippen LogP contribution in [0.4, 0.5) is 0 Å². The van der Waals surface area contributed by atoms with Gasteiger partial charge in [0, 0.05) is 13.2 Å². The van der Waals surface area contributed by atoms with Crippen molar-refractivity contribution < 1.29 is 9.53 Å². The number of hydrogen-bond donors (Lipinski definition) is 2. The van der Waals surface area contributed by atoms with Crippen LogP contribution in [0.1, 0.15) is 27.4 Å². The summed E-state index contributed by atoms with van der Waals surface area (Å²) in [6.07, 6.45) is 2.20. The molecule has 4 nitrogen and oxygen atoms in total. The SMILES string of the molecule is NCC#Cc1ccc(C(=O)NCC2CCCOC2)s1. The Kier molecular flexibility index (Phi) is 5.40. The summed E-state index contributed by atoms with van der Waals surface area (Å²) < 4.78 is 5.39.